The van der Waals surface area contributed by atoms with Crippen LogP contribution in [-0.4, -0.2) is 35.8 Å². The Labute approximate surface area is 225 Å². The van der Waals surface area contributed by atoms with Crippen molar-refractivity contribution in [1.82, 2.24) is 9.97 Å². The molecule has 1 aromatic carbocycles. The Morgan fingerprint density at radius 1 is 1.11 bits per heavy atom. The largest absolute Gasteiger partial charge is 0.493 e. The van der Waals surface area contributed by atoms with Crippen LogP contribution in [0.2, 0.25) is 0 Å². The number of carbonyl (C=O) groups is 1. The van der Waals surface area contributed by atoms with Crippen LogP contribution in [0.15, 0.2) is 46.1 Å². The smallest absolute Gasteiger partial charge is 0.226 e. The molecule has 4 rings (SSSR count). The van der Waals surface area contributed by atoms with Gasteiger partial charge in [0.2, 0.25) is 5.91 Å². The van der Waals surface area contributed by atoms with E-state index in [1.807, 2.05) is 35.0 Å². The molecule has 186 valence electrons. The number of nitrogens with two attached hydrogens (primary N) is 1. The number of rotatable bonds is 9. The predicted octanol–water partition coefficient (Wildman–Crippen LogP) is 5.40. The Hall–Kier alpha value is -4.10. The number of anilines is 2. The molecule has 0 aliphatic carbocycles. The SMILES string of the molecule is COc1ccc(-c2csc(NC(=O)CCSc3nc(N)c(C#N)c(-c4cccs4)c3C#N)n2)cc1OC. The van der Waals surface area contributed by atoms with Crippen molar-refractivity contribution in [1.29, 1.82) is 10.5 Å². The number of carbonyl (C=O) groups excluding carboxylic acids is 1. The maximum atomic E-state index is 12.6. The second-order valence-electron chi connectivity index (χ2n) is 7.38. The van der Waals surface area contributed by atoms with Crippen molar-refractivity contribution in [3.63, 3.8) is 0 Å². The van der Waals surface area contributed by atoms with Crippen molar-refractivity contribution in [2.45, 2.75) is 11.4 Å². The van der Waals surface area contributed by atoms with Gasteiger partial charge in [-0.25, -0.2) is 9.97 Å². The number of nitrogens with one attached hydrogen (secondary N) is 1. The third-order valence-corrected chi connectivity index (χ3v) is 7.80. The number of benzene rings is 1. The summed E-state index contributed by atoms with van der Waals surface area (Å²) in [6.07, 6.45) is 0.163. The van der Waals surface area contributed by atoms with Gasteiger partial charge in [0.1, 0.15) is 28.5 Å². The summed E-state index contributed by atoms with van der Waals surface area (Å²) < 4.78 is 10.6. The number of methoxy groups -OCH3 is 2. The first kappa shape index (κ1) is 26.0. The first-order valence-electron chi connectivity index (χ1n) is 10.8. The van der Waals surface area contributed by atoms with E-state index in [0.717, 1.165) is 10.4 Å². The molecule has 37 heavy (non-hydrogen) atoms. The fraction of sp³-hybridized carbons (Fsp3) is 0.160. The number of amides is 1. The van der Waals surface area contributed by atoms with Crippen LogP contribution in [0, 0.1) is 22.7 Å². The fourth-order valence-electron chi connectivity index (χ4n) is 3.45. The minimum absolute atomic E-state index is 0.0577. The number of nitriles is 2. The molecule has 0 atom stereocenters. The van der Waals surface area contributed by atoms with E-state index >= 15 is 0 Å². The molecule has 9 nitrogen and oxygen atoms in total. The highest BCUT2D eigenvalue weighted by atomic mass is 32.2. The van der Waals surface area contributed by atoms with Crippen LogP contribution < -0.4 is 20.5 Å². The monoisotopic (exact) mass is 548 g/mol. The van der Waals surface area contributed by atoms with Gasteiger partial charge in [-0.3, -0.25) is 4.79 Å². The lowest BCUT2D eigenvalue weighted by molar-refractivity contribution is -0.115. The zero-order chi connectivity index (χ0) is 26.4. The van der Waals surface area contributed by atoms with E-state index in [2.05, 4.69) is 27.4 Å². The quantitative estimate of drug-likeness (QED) is 0.262. The number of nitrogen functional groups attached to an aromatic ring is 1. The summed E-state index contributed by atoms with van der Waals surface area (Å²) in [6.45, 7) is 0. The van der Waals surface area contributed by atoms with Crippen LogP contribution in [0.3, 0.4) is 0 Å². The van der Waals surface area contributed by atoms with E-state index in [9.17, 15) is 15.3 Å². The molecule has 0 fully saturated rings. The van der Waals surface area contributed by atoms with Gasteiger partial charge in [-0.2, -0.15) is 10.5 Å². The molecular weight excluding hydrogens is 529 g/mol. The van der Waals surface area contributed by atoms with Gasteiger partial charge in [0.05, 0.1) is 25.5 Å². The van der Waals surface area contributed by atoms with E-state index in [0.29, 0.717) is 38.7 Å². The molecule has 3 heterocycles. The van der Waals surface area contributed by atoms with Crippen LogP contribution in [-0.2, 0) is 4.79 Å². The number of aromatic nitrogens is 2. The van der Waals surface area contributed by atoms with Gasteiger partial charge in [-0.15, -0.1) is 34.4 Å². The summed E-state index contributed by atoms with van der Waals surface area (Å²) in [7, 11) is 3.14. The van der Waals surface area contributed by atoms with E-state index in [1.165, 1.54) is 34.4 Å². The van der Waals surface area contributed by atoms with Gasteiger partial charge in [-0.1, -0.05) is 6.07 Å². The first-order chi connectivity index (χ1) is 18.0. The normalized spacial score (nSPS) is 10.4. The maximum absolute atomic E-state index is 12.6. The predicted molar refractivity (Wildman–Crippen MR) is 146 cm³/mol. The molecule has 3 N–H and O–H groups in total. The van der Waals surface area contributed by atoms with Crippen LogP contribution in [0.25, 0.3) is 21.7 Å². The highest BCUT2D eigenvalue weighted by Crippen LogP contribution is 2.38. The molecule has 0 unspecified atom stereocenters. The Balaban J connectivity index is 1.42. The molecule has 12 heteroatoms. The number of pyridine rings is 1. The van der Waals surface area contributed by atoms with Crippen molar-refractivity contribution in [3.8, 4) is 45.3 Å². The second kappa shape index (κ2) is 11.8. The molecule has 0 aliphatic rings. The molecule has 0 spiro atoms. The van der Waals surface area contributed by atoms with Crippen molar-refractivity contribution >= 4 is 51.3 Å². The lowest BCUT2D eigenvalue weighted by Gasteiger charge is -2.11. The Morgan fingerprint density at radius 3 is 2.57 bits per heavy atom. The van der Waals surface area contributed by atoms with Crippen LogP contribution in [0.1, 0.15) is 17.5 Å². The minimum Gasteiger partial charge on any atom is -0.493 e. The van der Waals surface area contributed by atoms with Crippen LogP contribution in [0.4, 0.5) is 10.9 Å². The number of nitrogens with zero attached hydrogens (tertiary/aromatic N) is 4. The average molecular weight is 549 g/mol. The number of thiophene rings is 1. The Kier molecular flexibility index (Phi) is 8.25. The van der Waals surface area contributed by atoms with Crippen molar-refractivity contribution in [2.75, 3.05) is 31.0 Å². The van der Waals surface area contributed by atoms with Crippen molar-refractivity contribution in [2.24, 2.45) is 0 Å². The van der Waals surface area contributed by atoms with Gasteiger partial charge < -0.3 is 20.5 Å². The van der Waals surface area contributed by atoms with Crippen molar-refractivity contribution < 1.29 is 14.3 Å². The Bertz CT molecular complexity index is 1520. The summed E-state index contributed by atoms with van der Waals surface area (Å²) >= 11 is 3.97. The van der Waals surface area contributed by atoms with E-state index in [4.69, 9.17) is 15.2 Å². The summed E-state index contributed by atoms with van der Waals surface area (Å²) in [4.78, 5) is 22.1. The third-order valence-electron chi connectivity index (χ3n) is 5.18. The molecule has 3 aromatic heterocycles. The molecule has 0 radical (unpaired) electrons. The Morgan fingerprint density at radius 2 is 1.89 bits per heavy atom. The zero-order valence-corrected chi connectivity index (χ0v) is 22.2. The van der Waals surface area contributed by atoms with Gasteiger partial charge in [0.25, 0.3) is 0 Å². The highest BCUT2D eigenvalue weighted by Gasteiger charge is 2.21. The summed E-state index contributed by atoms with van der Waals surface area (Å²) in [6, 6.07) is 13.4. The zero-order valence-electron chi connectivity index (χ0n) is 19.8. The van der Waals surface area contributed by atoms with Crippen molar-refractivity contribution in [3.05, 3.63) is 52.2 Å². The van der Waals surface area contributed by atoms with Gasteiger partial charge in [-0.05, 0) is 29.6 Å². The van der Waals surface area contributed by atoms with Crippen LogP contribution in [0.5, 0.6) is 11.5 Å². The standard InChI is InChI=1S/C25H20N6O3S3/c1-33-18-6-5-14(10-19(18)34-2)17-13-37-25(29-17)30-21(32)7-9-36-24-16(12-27)22(20-4-3-8-35-20)15(11-26)23(28)31-24/h3-6,8,10,13H,7,9H2,1-2H3,(H2,28,31)(H,29,30,32). The molecule has 0 saturated carbocycles. The number of hydrogen-bond donors (Lipinski definition) is 2. The summed E-state index contributed by atoms with van der Waals surface area (Å²) in [5.74, 6) is 1.40. The number of ether oxygens (including phenoxy) is 2. The lowest BCUT2D eigenvalue weighted by Crippen LogP contribution is -2.12. The summed E-state index contributed by atoms with van der Waals surface area (Å²) in [5.41, 5.74) is 8.49. The number of hydrogen-bond acceptors (Lipinski definition) is 11. The third kappa shape index (κ3) is 5.67. The molecule has 0 aliphatic heterocycles. The minimum atomic E-state index is -0.223. The van der Waals surface area contributed by atoms with E-state index in [1.54, 1.807) is 20.3 Å². The molecule has 1 amide bonds. The van der Waals surface area contributed by atoms with Gasteiger partial charge in [0.15, 0.2) is 16.6 Å². The molecule has 4 aromatic rings. The fourth-order valence-corrected chi connectivity index (χ4v) is 5.91. The maximum Gasteiger partial charge on any atom is 0.226 e. The lowest BCUT2D eigenvalue weighted by atomic mass is 10.0. The molecule has 0 bridgehead atoms. The first-order valence-corrected chi connectivity index (χ1v) is 13.5. The molecular formula is C25H20N6O3S3. The second-order valence-corrected chi connectivity index (χ2v) is 10.3. The topological polar surface area (TPSA) is 147 Å². The van der Waals surface area contributed by atoms with Gasteiger partial charge in [0, 0.05) is 33.6 Å². The summed E-state index contributed by atoms with van der Waals surface area (Å²) in [5, 5.41) is 26.8. The highest BCUT2D eigenvalue weighted by molar-refractivity contribution is 7.99. The van der Waals surface area contributed by atoms with E-state index < -0.39 is 0 Å². The molecule has 0 saturated heterocycles. The van der Waals surface area contributed by atoms with E-state index in [-0.39, 0.29) is 29.3 Å². The van der Waals surface area contributed by atoms with Crippen LogP contribution >= 0.6 is 34.4 Å². The number of thiazole rings is 1. The number of thioether (sulfide) groups is 1. The average Bonchev–Trinajstić information content (AvgIpc) is 3.60. The van der Waals surface area contributed by atoms with Gasteiger partial charge >= 0.3 is 0 Å².